The summed E-state index contributed by atoms with van der Waals surface area (Å²) in [6.07, 6.45) is 0. The van der Waals surface area contributed by atoms with Crippen molar-refractivity contribution in [3.8, 4) is 0 Å². The Morgan fingerprint density at radius 2 is 0.958 bits per heavy atom. The minimum absolute atomic E-state index is 0.0527. The first kappa shape index (κ1) is 24.0. The number of esters is 1. The fourth-order valence-corrected chi connectivity index (χ4v) is 1.68. The van der Waals surface area contributed by atoms with E-state index in [-0.39, 0.29) is 6.61 Å². The van der Waals surface area contributed by atoms with Gasteiger partial charge in [0.1, 0.15) is 6.61 Å². The summed E-state index contributed by atoms with van der Waals surface area (Å²) < 4.78 is 37.0. The molecule has 9 heteroatoms. The van der Waals surface area contributed by atoms with Gasteiger partial charge in [-0.3, -0.25) is 0 Å². The molecule has 0 aliphatic heterocycles. The predicted molar refractivity (Wildman–Crippen MR) is 95.8 cm³/mol. The van der Waals surface area contributed by atoms with Crippen LogP contribution in [-0.4, -0.2) is 96.8 Å². The highest BCUT2D eigenvalue weighted by atomic mass is 127. The Balaban J connectivity index is 2.99. The molecule has 0 heterocycles. The quantitative estimate of drug-likeness (QED) is 0.120. The van der Waals surface area contributed by atoms with Crippen LogP contribution in [0.3, 0.4) is 0 Å². The fourth-order valence-electron chi connectivity index (χ4n) is 1.37. The monoisotopic (exact) mass is 464 g/mol. The summed E-state index contributed by atoms with van der Waals surface area (Å²) in [7, 11) is 1.32. The Bertz CT molecular complexity index is 268. The van der Waals surface area contributed by atoms with E-state index < -0.39 is 5.97 Å². The number of ether oxygens (including phenoxy) is 7. The third-order valence-corrected chi connectivity index (χ3v) is 2.97. The van der Waals surface area contributed by atoms with E-state index in [4.69, 9.17) is 28.4 Å². The molecule has 0 radical (unpaired) electrons. The number of alkyl halides is 1. The van der Waals surface area contributed by atoms with Gasteiger partial charge in [0.05, 0.1) is 79.8 Å². The first-order valence-corrected chi connectivity index (χ1v) is 9.43. The van der Waals surface area contributed by atoms with Crippen LogP contribution in [-0.2, 0) is 38.0 Å². The average molecular weight is 464 g/mol. The molecule has 0 unspecified atom stereocenters. The topological polar surface area (TPSA) is 81.7 Å². The van der Waals surface area contributed by atoms with Crippen molar-refractivity contribution >= 4 is 28.6 Å². The molecule has 0 aromatic rings. The Morgan fingerprint density at radius 1 is 0.625 bits per heavy atom. The molecule has 8 nitrogen and oxygen atoms in total. The number of hydrogen-bond donors (Lipinski definition) is 0. The molecule has 144 valence electrons. The van der Waals surface area contributed by atoms with Crippen molar-refractivity contribution in [1.29, 1.82) is 0 Å². The fraction of sp³-hybridized carbons (Fsp3) is 0.933. The second-order valence-corrected chi connectivity index (χ2v) is 5.46. The van der Waals surface area contributed by atoms with Crippen molar-refractivity contribution in [3.05, 3.63) is 0 Å². The maximum Gasteiger partial charge on any atom is 0.331 e. The van der Waals surface area contributed by atoms with Gasteiger partial charge in [-0.05, 0) is 0 Å². The summed E-state index contributed by atoms with van der Waals surface area (Å²) in [5.74, 6) is -0.395. The van der Waals surface area contributed by atoms with Gasteiger partial charge in [0.25, 0.3) is 0 Å². The van der Waals surface area contributed by atoms with E-state index in [1.165, 1.54) is 7.11 Å². The van der Waals surface area contributed by atoms with Crippen LogP contribution in [0, 0.1) is 0 Å². The number of hydrogen-bond acceptors (Lipinski definition) is 8. The smallest absolute Gasteiger partial charge is 0.331 e. The lowest BCUT2D eigenvalue weighted by atomic mass is 10.6. The maximum atomic E-state index is 10.8. The second-order valence-electron chi connectivity index (χ2n) is 4.38. The van der Waals surface area contributed by atoms with Crippen LogP contribution in [0.4, 0.5) is 0 Å². The van der Waals surface area contributed by atoms with Crippen LogP contribution in [0.25, 0.3) is 0 Å². The molecule has 0 aromatic heterocycles. The van der Waals surface area contributed by atoms with E-state index in [1.807, 2.05) is 0 Å². The van der Waals surface area contributed by atoms with Gasteiger partial charge >= 0.3 is 5.97 Å². The molecular weight excluding hydrogens is 435 g/mol. The predicted octanol–water partition coefficient (Wildman–Crippen LogP) is 0.694. The van der Waals surface area contributed by atoms with Crippen molar-refractivity contribution in [2.75, 3.05) is 90.8 Å². The molecule has 0 saturated heterocycles. The van der Waals surface area contributed by atoms with Gasteiger partial charge in [-0.15, -0.1) is 0 Å². The minimum Gasteiger partial charge on any atom is -0.467 e. The molecule has 0 rings (SSSR count). The third kappa shape index (κ3) is 20.0. The zero-order valence-electron chi connectivity index (χ0n) is 14.3. The molecule has 0 aromatic carbocycles. The number of carbonyl (C=O) groups excluding carboxylic acids is 1. The highest BCUT2D eigenvalue weighted by Gasteiger charge is 1.98. The second kappa shape index (κ2) is 21.0. The third-order valence-electron chi connectivity index (χ3n) is 2.53. The van der Waals surface area contributed by atoms with E-state index in [9.17, 15) is 4.79 Å². The number of carbonyl (C=O) groups is 1. The van der Waals surface area contributed by atoms with E-state index in [2.05, 4.69) is 27.3 Å². The van der Waals surface area contributed by atoms with Crippen LogP contribution in [0.2, 0.25) is 0 Å². The van der Waals surface area contributed by atoms with Crippen molar-refractivity contribution in [2.45, 2.75) is 0 Å². The normalized spacial score (nSPS) is 10.9. The molecule has 0 bridgehead atoms. The van der Waals surface area contributed by atoms with E-state index in [1.54, 1.807) is 0 Å². The van der Waals surface area contributed by atoms with E-state index >= 15 is 0 Å². The largest absolute Gasteiger partial charge is 0.467 e. The first-order chi connectivity index (χ1) is 11.8. The van der Waals surface area contributed by atoms with Crippen LogP contribution >= 0.6 is 22.6 Å². The van der Waals surface area contributed by atoms with Gasteiger partial charge in [-0.1, -0.05) is 22.6 Å². The van der Waals surface area contributed by atoms with E-state index in [0.717, 1.165) is 11.0 Å². The molecule has 0 saturated carbocycles. The Morgan fingerprint density at radius 3 is 1.29 bits per heavy atom. The van der Waals surface area contributed by atoms with E-state index in [0.29, 0.717) is 66.1 Å². The number of rotatable bonds is 19. The molecule has 0 amide bonds. The maximum absolute atomic E-state index is 10.8. The van der Waals surface area contributed by atoms with Crippen LogP contribution in [0.15, 0.2) is 0 Å². The summed E-state index contributed by atoms with van der Waals surface area (Å²) in [6.45, 7) is 5.80. The lowest BCUT2D eigenvalue weighted by Crippen LogP contribution is -2.15. The molecule has 0 spiro atoms. The van der Waals surface area contributed by atoms with Crippen molar-refractivity contribution < 1.29 is 38.0 Å². The number of halogens is 1. The van der Waals surface area contributed by atoms with Gasteiger partial charge in [-0.25, -0.2) is 4.79 Å². The standard InChI is InChI=1S/C15H29IO8/c1-18-15(17)14-24-13-12-23-11-10-22-9-8-21-7-6-20-5-4-19-3-2-16/h2-14H2,1H3. The highest BCUT2D eigenvalue weighted by molar-refractivity contribution is 14.1. The Kier molecular flexibility index (Phi) is 21.0. The van der Waals surface area contributed by atoms with Crippen LogP contribution < -0.4 is 0 Å². The lowest BCUT2D eigenvalue weighted by molar-refractivity contribution is -0.146. The first-order valence-electron chi connectivity index (χ1n) is 7.90. The number of methoxy groups -OCH3 is 1. The van der Waals surface area contributed by atoms with Gasteiger partial charge in [0, 0.05) is 4.43 Å². The van der Waals surface area contributed by atoms with Crippen molar-refractivity contribution in [3.63, 3.8) is 0 Å². The summed E-state index contributed by atoms with van der Waals surface area (Å²) >= 11 is 2.27. The molecule has 0 fully saturated rings. The molecule has 24 heavy (non-hydrogen) atoms. The zero-order chi connectivity index (χ0) is 17.7. The van der Waals surface area contributed by atoms with Crippen molar-refractivity contribution in [1.82, 2.24) is 0 Å². The Hall–Kier alpha value is -0.0400. The summed E-state index contributed by atoms with van der Waals surface area (Å²) in [4.78, 5) is 10.8. The van der Waals surface area contributed by atoms with Gasteiger partial charge < -0.3 is 33.2 Å². The molecule has 0 aliphatic rings. The molecule has 0 atom stereocenters. The molecule has 0 N–H and O–H groups in total. The molecular formula is C15H29IO8. The SMILES string of the molecule is COC(=O)COCCOCCOCCOCCOCCOCCI. The Labute approximate surface area is 157 Å². The van der Waals surface area contributed by atoms with Gasteiger partial charge in [0.15, 0.2) is 0 Å². The highest BCUT2D eigenvalue weighted by Crippen LogP contribution is 1.86. The van der Waals surface area contributed by atoms with Gasteiger partial charge in [-0.2, -0.15) is 0 Å². The lowest BCUT2D eigenvalue weighted by Gasteiger charge is -2.08. The summed E-state index contributed by atoms with van der Waals surface area (Å²) in [5.41, 5.74) is 0. The van der Waals surface area contributed by atoms with Gasteiger partial charge in [0.2, 0.25) is 0 Å². The molecule has 0 aliphatic carbocycles. The average Bonchev–Trinajstić information content (AvgIpc) is 2.60. The summed E-state index contributed by atoms with van der Waals surface area (Å²) in [6, 6.07) is 0. The van der Waals surface area contributed by atoms with Crippen LogP contribution in [0.1, 0.15) is 0 Å². The summed E-state index contributed by atoms with van der Waals surface area (Å²) in [5, 5.41) is 0. The van der Waals surface area contributed by atoms with Crippen LogP contribution in [0.5, 0.6) is 0 Å². The van der Waals surface area contributed by atoms with Crippen molar-refractivity contribution in [2.24, 2.45) is 0 Å². The zero-order valence-corrected chi connectivity index (χ0v) is 16.5. The minimum atomic E-state index is -0.395.